The summed E-state index contributed by atoms with van der Waals surface area (Å²) in [5.41, 5.74) is 2.50. The highest BCUT2D eigenvalue weighted by atomic mass is 35.5. The number of aryl methyl sites for hydroxylation is 1. The molecule has 0 aromatic heterocycles. The average molecular weight is 489 g/mol. The van der Waals surface area contributed by atoms with E-state index >= 15 is 0 Å². The Kier molecular flexibility index (Phi) is 9.81. The zero-order chi connectivity index (χ0) is 22.1. The molecule has 1 N–H and O–H groups in total. The monoisotopic (exact) mass is 488 g/mol. The molecule has 0 atom stereocenters. The molecule has 2 rings (SSSR count). The SMILES string of the molecule is Cc1cccc(N(CCCC(=O)NCCSCc2c(Cl)cccc2Cl)S(C)(=O)=O)c1. The van der Waals surface area contributed by atoms with Gasteiger partial charge in [-0.25, -0.2) is 8.42 Å². The Morgan fingerprint density at radius 2 is 1.80 bits per heavy atom. The van der Waals surface area contributed by atoms with Crippen LogP contribution in [-0.2, 0) is 20.6 Å². The number of carbonyl (C=O) groups excluding carboxylic acids is 1. The van der Waals surface area contributed by atoms with E-state index < -0.39 is 10.0 Å². The number of hydrogen-bond acceptors (Lipinski definition) is 4. The summed E-state index contributed by atoms with van der Waals surface area (Å²) in [7, 11) is -3.41. The molecule has 9 heteroatoms. The van der Waals surface area contributed by atoms with Crippen LogP contribution < -0.4 is 9.62 Å². The molecule has 0 radical (unpaired) electrons. The van der Waals surface area contributed by atoms with Crippen LogP contribution in [0.4, 0.5) is 5.69 Å². The number of sulfonamides is 1. The summed E-state index contributed by atoms with van der Waals surface area (Å²) in [6, 6.07) is 12.7. The molecular weight excluding hydrogens is 463 g/mol. The van der Waals surface area contributed by atoms with Gasteiger partial charge < -0.3 is 5.32 Å². The van der Waals surface area contributed by atoms with Crippen molar-refractivity contribution in [2.75, 3.05) is 29.4 Å². The van der Waals surface area contributed by atoms with E-state index in [1.807, 2.05) is 43.3 Å². The average Bonchev–Trinajstić information content (AvgIpc) is 2.66. The quantitative estimate of drug-likeness (QED) is 0.456. The Morgan fingerprint density at radius 1 is 1.13 bits per heavy atom. The zero-order valence-corrected chi connectivity index (χ0v) is 20.2. The lowest BCUT2D eigenvalue weighted by atomic mass is 10.2. The number of rotatable bonds is 11. The number of hydrogen-bond donors (Lipinski definition) is 1. The fourth-order valence-corrected chi connectivity index (χ4v) is 5.40. The van der Waals surface area contributed by atoms with Crippen LogP contribution in [0.25, 0.3) is 0 Å². The molecule has 164 valence electrons. The molecule has 2 aromatic rings. The van der Waals surface area contributed by atoms with Crippen LogP contribution in [0.5, 0.6) is 0 Å². The number of amides is 1. The van der Waals surface area contributed by atoms with E-state index in [2.05, 4.69) is 5.32 Å². The Bertz CT molecular complexity index is 948. The molecule has 2 aromatic carbocycles. The molecule has 0 bridgehead atoms. The van der Waals surface area contributed by atoms with Gasteiger partial charge in [-0.2, -0.15) is 11.8 Å². The van der Waals surface area contributed by atoms with Crippen LogP contribution in [0.1, 0.15) is 24.0 Å². The van der Waals surface area contributed by atoms with Crippen molar-refractivity contribution in [2.45, 2.75) is 25.5 Å². The highest BCUT2D eigenvalue weighted by Crippen LogP contribution is 2.28. The molecule has 0 heterocycles. The van der Waals surface area contributed by atoms with Crippen molar-refractivity contribution in [1.29, 1.82) is 0 Å². The minimum absolute atomic E-state index is 0.0935. The summed E-state index contributed by atoms with van der Waals surface area (Å²) in [5, 5.41) is 4.15. The van der Waals surface area contributed by atoms with E-state index in [-0.39, 0.29) is 18.9 Å². The second kappa shape index (κ2) is 11.8. The molecule has 0 unspecified atom stereocenters. The maximum absolute atomic E-state index is 12.1. The Balaban J connectivity index is 1.72. The largest absolute Gasteiger partial charge is 0.355 e. The molecule has 0 fully saturated rings. The number of benzene rings is 2. The molecule has 0 saturated heterocycles. The fraction of sp³-hybridized carbons (Fsp3) is 0.381. The fourth-order valence-electron chi connectivity index (χ4n) is 2.85. The second-order valence-electron chi connectivity index (χ2n) is 6.88. The van der Waals surface area contributed by atoms with Gasteiger partial charge >= 0.3 is 0 Å². The summed E-state index contributed by atoms with van der Waals surface area (Å²) in [4.78, 5) is 12.1. The molecule has 0 aliphatic rings. The first-order chi connectivity index (χ1) is 14.2. The third-order valence-electron chi connectivity index (χ3n) is 4.33. The Hall–Kier alpha value is -1.41. The van der Waals surface area contributed by atoms with E-state index in [1.54, 1.807) is 17.8 Å². The van der Waals surface area contributed by atoms with Crippen LogP contribution in [-0.4, -0.2) is 39.4 Å². The van der Waals surface area contributed by atoms with Crippen LogP contribution in [0, 0.1) is 6.92 Å². The normalized spacial score (nSPS) is 11.3. The van der Waals surface area contributed by atoms with Gasteiger partial charge in [0.1, 0.15) is 0 Å². The molecule has 30 heavy (non-hydrogen) atoms. The number of carbonyl (C=O) groups is 1. The van der Waals surface area contributed by atoms with Crippen LogP contribution in [0.15, 0.2) is 42.5 Å². The van der Waals surface area contributed by atoms with Crippen molar-refractivity contribution < 1.29 is 13.2 Å². The number of thioether (sulfide) groups is 1. The first kappa shape index (κ1) is 24.9. The molecule has 0 aliphatic carbocycles. The lowest BCUT2D eigenvalue weighted by Gasteiger charge is -2.22. The van der Waals surface area contributed by atoms with Gasteiger partial charge in [0.05, 0.1) is 11.9 Å². The topological polar surface area (TPSA) is 66.5 Å². The number of halogens is 2. The van der Waals surface area contributed by atoms with E-state index in [4.69, 9.17) is 23.2 Å². The van der Waals surface area contributed by atoms with Gasteiger partial charge in [-0.15, -0.1) is 0 Å². The minimum atomic E-state index is -3.41. The molecule has 0 spiro atoms. The first-order valence-corrected chi connectivity index (χ1v) is 13.3. The van der Waals surface area contributed by atoms with Gasteiger partial charge in [0.2, 0.25) is 15.9 Å². The highest BCUT2D eigenvalue weighted by molar-refractivity contribution is 7.98. The van der Waals surface area contributed by atoms with Gasteiger partial charge in [-0.3, -0.25) is 9.10 Å². The lowest BCUT2D eigenvalue weighted by Crippen LogP contribution is -2.32. The van der Waals surface area contributed by atoms with Gasteiger partial charge in [0, 0.05) is 41.1 Å². The van der Waals surface area contributed by atoms with Gasteiger partial charge in [0.15, 0.2) is 0 Å². The first-order valence-electron chi connectivity index (χ1n) is 9.50. The smallest absolute Gasteiger partial charge is 0.232 e. The van der Waals surface area contributed by atoms with Gasteiger partial charge in [0.25, 0.3) is 0 Å². The molecule has 5 nitrogen and oxygen atoms in total. The standard InChI is InChI=1S/C21H26Cl2N2O3S2/c1-16-6-3-7-17(14-16)25(30(2,27)28)12-5-10-21(26)24-11-13-29-15-18-19(22)8-4-9-20(18)23/h3-4,6-9,14H,5,10-13,15H2,1-2H3,(H,24,26). The molecule has 0 saturated carbocycles. The predicted octanol–water partition coefficient (Wildman–Crippen LogP) is 4.90. The van der Waals surface area contributed by atoms with Gasteiger partial charge in [-0.1, -0.05) is 41.4 Å². The Morgan fingerprint density at radius 3 is 2.43 bits per heavy atom. The minimum Gasteiger partial charge on any atom is -0.355 e. The Labute approximate surface area is 193 Å². The van der Waals surface area contributed by atoms with Crippen molar-refractivity contribution in [3.8, 4) is 0 Å². The predicted molar refractivity (Wildman–Crippen MR) is 128 cm³/mol. The number of nitrogens with one attached hydrogen (secondary N) is 1. The second-order valence-corrected chi connectivity index (χ2v) is 10.7. The van der Waals surface area contributed by atoms with Crippen molar-refractivity contribution in [3.63, 3.8) is 0 Å². The molecular formula is C21H26Cl2N2O3S2. The van der Waals surface area contributed by atoms with E-state index in [0.717, 1.165) is 16.9 Å². The summed E-state index contributed by atoms with van der Waals surface area (Å²) < 4.78 is 25.6. The summed E-state index contributed by atoms with van der Waals surface area (Å²) in [6.07, 6.45) is 1.88. The van der Waals surface area contributed by atoms with Gasteiger partial charge in [-0.05, 0) is 48.7 Å². The van der Waals surface area contributed by atoms with Crippen LogP contribution in [0.2, 0.25) is 10.0 Å². The van der Waals surface area contributed by atoms with Crippen LogP contribution >= 0.6 is 35.0 Å². The number of anilines is 1. The van der Waals surface area contributed by atoms with E-state index in [0.29, 0.717) is 34.5 Å². The zero-order valence-electron chi connectivity index (χ0n) is 17.0. The maximum Gasteiger partial charge on any atom is 0.232 e. The van der Waals surface area contributed by atoms with Crippen molar-refractivity contribution in [2.24, 2.45) is 0 Å². The number of nitrogens with zero attached hydrogens (tertiary/aromatic N) is 1. The summed E-state index contributed by atoms with van der Waals surface area (Å²) in [5.74, 6) is 1.31. The third kappa shape index (κ3) is 8.02. The summed E-state index contributed by atoms with van der Waals surface area (Å²) in [6.45, 7) is 2.70. The van der Waals surface area contributed by atoms with Crippen molar-refractivity contribution in [3.05, 3.63) is 63.6 Å². The third-order valence-corrected chi connectivity index (χ3v) is 7.22. The highest BCUT2D eigenvalue weighted by Gasteiger charge is 2.17. The molecule has 1 amide bonds. The molecule has 0 aliphatic heterocycles. The lowest BCUT2D eigenvalue weighted by molar-refractivity contribution is -0.121. The van der Waals surface area contributed by atoms with Crippen molar-refractivity contribution >= 4 is 56.6 Å². The van der Waals surface area contributed by atoms with E-state index in [1.165, 1.54) is 10.6 Å². The van der Waals surface area contributed by atoms with Crippen LogP contribution in [0.3, 0.4) is 0 Å². The maximum atomic E-state index is 12.1. The summed E-state index contributed by atoms with van der Waals surface area (Å²) >= 11 is 13.9. The van der Waals surface area contributed by atoms with Crippen molar-refractivity contribution in [1.82, 2.24) is 5.32 Å². The van der Waals surface area contributed by atoms with E-state index in [9.17, 15) is 13.2 Å².